The molecule has 0 saturated heterocycles. The summed E-state index contributed by atoms with van der Waals surface area (Å²) in [5, 5.41) is 3.66. The lowest BCUT2D eigenvalue weighted by Crippen LogP contribution is -1.73. The predicted octanol–water partition coefficient (Wildman–Crippen LogP) is 1.24. The van der Waals surface area contributed by atoms with E-state index >= 15 is 0 Å². The van der Waals surface area contributed by atoms with E-state index in [1.807, 2.05) is 13.0 Å². The lowest BCUT2D eigenvalue weighted by molar-refractivity contribution is 0.412. The second kappa shape index (κ2) is 1.78. The maximum atomic E-state index is 4.56. The molecule has 0 atom stereocenters. The zero-order valence-corrected chi connectivity index (χ0v) is 4.22. The quantitative estimate of drug-likeness (QED) is 0.527. The highest BCUT2D eigenvalue weighted by molar-refractivity contribution is 4.93. The second-order valence-corrected chi connectivity index (χ2v) is 1.34. The van der Waals surface area contributed by atoms with Crippen LogP contribution < -0.4 is 0 Å². The minimum absolute atomic E-state index is 0.955. The fourth-order valence-corrected chi connectivity index (χ4v) is 0.420. The van der Waals surface area contributed by atoms with Gasteiger partial charge in [-0.05, 0) is 6.42 Å². The molecule has 0 amide bonds. The molecule has 0 bridgehead atoms. The van der Waals surface area contributed by atoms with Gasteiger partial charge in [-0.3, -0.25) is 0 Å². The average Bonchev–Trinajstić information content (AvgIpc) is 2.14. The summed E-state index contributed by atoms with van der Waals surface area (Å²) in [6.07, 6.45) is 2.54. The summed E-state index contributed by atoms with van der Waals surface area (Å²) in [6.45, 7) is 2.04. The first-order valence-corrected chi connectivity index (χ1v) is 2.32. The van der Waals surface area contributed by atoms with E-state index in [0.717, 1.165) is 12.1 Å². The third-order valence-corrected chi connectivity index (χ3v) is 0.853. The van der Waals surface area contributed by atoms with Gasteiger partial charge in [0.05, 0.1) is 5.69 Å². The maximum Gasteiger partial charge on any atom is 0.124 e. The zero-order chi connectivity index (χ0) is 5.11. The Morgan fingerprint density at radius 3 is 3.00 bits per heavy atom. The molecule has 0 unspecified atom stereocenters. The molecule has 2 nitrogen and oxygen atoms in total. The number of rotatable bonds is 1. The van der Waals surface area contributed by atoms with E-state index in [1.54, 1.807) is 6.26 Å². The highest BCUT2D eigenvalue weighted by Gasteiger charge is 1.86. The molecule has 0 aliphatic carbocycles. The molecule has 38 valence electrons. The van der Waals surface area contributed by atoms with Gasteiger partial charge in [-0.15, -0.1) is 0 Å². The van der Waals surface area contributed by atoms with Crippen molar-refractivity contribution in [3.8, 4) is 0 Å². The number of aromatic nitrogens is 1. The van der Waals surface area contributed by atoms with Crippen molar-refractivity contribution in [3.63, 3.8) is 0 Å². The summed E-state index contributed by atoms with van der Waals surface area (Å²) in [6, 6.07) is 1.86. The Labute approximate surface area is 42.1 Å². The Kier molecular flexibility index (Phi) is 1.11. The van der Waals surface area contributed by atoms with Crippen LogP contribution in [0.4, 0.5) is 0 Å². The van der Waals surface area contributed by atoms with Crippen LogP contribution in [0.15, 0.2) is 16.9 Å². The first-order valence-electron chi connectivity index (χ1n) is 2.32. The van der Waals surface area contributed by atoms with Gasteiger partial charge in [0.1, 0.15) is 6.26 Å². The van der Waals surface area contributed by atoms with Gasteiger partial charge < -0.3 is 4.52 Å². The Hall–Kier alpha value is -0.790. The summed E-state index contributed by atoms with van der Waals surface area (Å²) in [5.74, 6) is 0. The summed E-state index contributed by atoms with van der Waals surface area (Å²) in [7, 11) is 0. The van der Waals surface area contributed by atoms with E-state index in [9.17, 15) is 0 Å². The van der Waals surface area contributed by atoms with Crippen molar-refractivity contribution in [1.82, 2.24) is 5.16 Å². The van der Waals surface area contributed by atoms with Crippen molar-refractivity contribution in [2.45, 2.75) is 13.3 Å². The molecule has 0 aliphatic heterocycles. The molecule has 1 rings (SSSR count). The first-order chi connectivity index (χ1) is 3.43. The molecule has 1 heterocycles. The van der Waals surface area contributed by atoms with Crippen molar-refractivity contribution >= 4 is 0 Å². The molecule has 2 heteroatoms. The van der Waals surface area contributed by atoms with Crippen LogP contribution in [0.5, 0.6) is 0 Å². The molecule has 1 aromatic rings. The van der Waals surface area contributed by atoms with Crippen molar-refractivity contribution in [2.75, 3.05) is 0 Å². The number of nitrogens with zero attached hydrogens (tertiary/aromatic N) is 1. The predicted molar refractivity (Wildman–Crippen MR) is 25.9 cm³/mol. The first kappa shape index (κ1) is 4.37. The number of hydrogen-bond donors (Lipinski definition) is 0. The fourth-order valence-electron chi connectivity index (χ4n) is 0.420. The Bertz CT molecular complexity index is 123. The molecule has 1 aromatic heterocycles. The van der Waals surface area contributed by atoms with E-state index in [2.05, 4.69) is 9.68 Å². The van der Waals surface area contributed by atoms with Crippen LogP contribution in [-0.2, 0) is 6.42 Å². The second-order valence-electron chi connectivity index (χ2n) is 1.34. The third kappa shape index (κ3) is 0.796. The van der Waals surface area contributed by atoms with Gasteiger partial charge >= 0.3 is 0 Å². The number of aryl methyl sites for hydroxylation is 1. The highest BCUT2D eigenvalue weighted by Crippen LogP contribution is 1.92. The van der Waals surface area contributed by atoms with Crippen LogP contribution >= 0.6 is 0 Å². The van der Waals surface area contributed by atoms with Gasteiger partial charge in [-0.2, -0.15) is 0 Å². The average molecular weight is 97.1 g/mol. The Morgan fingerprint density at radius 1 is 1.86 bits per heavy atom. The molecule has 0 aromatic carbocycles. The molecule has 0 aliphatic rings. The normalized spacial score (nSPS) is 9.29. The van der Waals surface area contributed by atoms with Gasteiger partial charge in [-0.25, -0.2) is 0 Å². The third-order valence-electron chi connectivity index (χ3n) is 0.853. The minimum Gasteiger partial charge on any atom is -0.365 e. The topological polar surface area (TPSA) is 26.0 Å². The van der Waals surface area contributed by atoms with Crippen LogP contribution in [0.25, 0.3) is 0 Å². The van der Waals surface area contributed by atoms with Gasteiger partial charge in [0.2, 0.25) is 0 Å². The minimum atomic E-state index is 0.955. The van der Waals surface area contributed by atoms with Crippen LogP contribution in [-0.4, -0.2) is 5.16 Å². The van der Waals surface area contributed by atoms with Crippen molar-refractivity contribution in [3.05, 3.63) is 18.0 Å². The summed E-state index contributed by atoms with van der Waals surface area (Å²) in [5.41, 5.74) is 1.01. The van der Waals surface area contributed by atoms with Crippen LogP contribution in [0.3, 0.4) is 0 Å². The molecule has 0 N–H and O–H groups in total. The van der Waals surface area contributed by atoms with Crippen molar-refractivity contribution < 1.29 is 4.52 Å². The van der Waals surface area contributed by atoms with Crippen LogP contribution in [0, 0.1) is 0 Å². The largest absolute Gasteiger partial charge is 0.365 e. The maximum absolute atomic E-state index is 4.56. The molecule has 7 heavy (non-hydrogen) atoms. The number of hydrogen-bond acceptors (Lipinski definition) is 2. The summed E-state index contributed by atoms with van der Waals surface area (Å²) >= 11 is 0. The SMILES string of the molecule is CCc1ccon1. The van der Waals surface area contributed by atoms with Gasteiger partial charge in [0.25, 0.3) is 0 Å². The van der Waals surface area contributed by atoms with E-state index in [-0.39, 0.29) is 0 Å². The molecule has 0 spiro atoms. The van der Waals surface area contributed by atoms with E-state index in [0.29, 0.717) is 0 Å². The van der Waals surface area contributed by atoms with Gasteiger partial charge in [-0.1, -0.05) is 12.1 Å². The lowest BCUT2D eigenvalue weighted by Gasteiger charge is -1.74. The van der Waals surface area contributed by atoms with Gasteiger partial charge in [0, 0.05) is 6.07 Å². The van der Waals surface area contributed by atoms with Crippen molar-refractivity contribution in [1.29, 1.82) is 0 Å². The van der Waals surface area contributed by atoms with Crippen LogP contribution in [0.1, 0.15) is 12.6 Å². The van der Waals surface area contributed by atoms with Gasteiger partial charge in [0.15, 0.2) is 0 Å². The Morgan fingerprint density at radius 2 is 2.71 bits per heavy atom. The van der Waals surface area contributed by atoms with E-state index in [4.69, 9.17) is 0 Å². The highest BCUT2D eigenvalue weighted by atomic mass is 16.5. The molecule has 0 radical (unpaired) electrons. The summed E-state index contributed by atoms with van der Waals surface area (Å²) in [4.78, 5) is 0. The summed E-state index contributed by atoms with van der Waals surface area (Å²) < 4.78 is 4.56. The standard InChI is InChI=1S/C5H7NO/c1-2-5-3-4-7-6-5/h3-4H,2H2,1H3. The molecular weight excluding hydrogens is 90.1 g/mol. The van der Waals surface area contributed by atoms with Crippen LogP contribution in [0.2, 0.25) is 0 Å². The Balaban J connectivity index is 2.76. The lowest BCUT2D eigenvalue weighted by atomic mass is 10.4. The smallest absolute Gasteiger partial charge is 0.124 e. The fraction of sp³-hybridized carbons (Fsp3) is 0.400. The molecule has 0 saturated carbocycles. The zero-order valence-electron chi connectivity index (χ0n) is 4.22. The van der Waals surface area contributed by atoms with E-state index in [1.165, 1.54) is 0 Å². The van der Waals surface area contributed by atoms with E-state index < -0.39 is 0 Å². The van der Waals surface area contributed by atoms with Crippen molar-refractivity contribution in [2.24, 2.45) is 0 Å². The molecular formula is C5H7NO. The monoisotopic (exact) mass is 97.1 g/mol. The molecule has 0 fully saturated rings.